The van der Waals surface area contributed by atoms with Crippen LogP contribution in [0.1, 0.15) is 23.6 Å². The van der Waals surface area contributed by atoms with Gasteiger partial charge in [-0.1, -0.05) is 17.2 Å². The van der Waals surface area contributed by atoms with E-state index in [4.69, 9.17) is 10.6 Å². The van der Waals surface area contributed by atoms with E-state index in [0.717, 1.165) is 11.3 Å². The van der Waals surface area contributed by atoms with E-state index in [2.05, 4.69) is 15.3 Å². The summed E-state index contributed by atoms with van der Waals surface area (Å²) in [5.74, 6) is -1.14. The second-order valence-corrected chi connectivity index (χ2v) is 3.96. The number of nitrogens with one attached hydrogen (secondary N) is 1. The van der Waals surface area contributed by atoms with Crippen LogP contribution in [-0.2, 0) is 16.0 Å². The van der Waals surface area contributed by atoms with E-state index in [1.807, 2.05) is 0 Å². The minimum Gasteiger partial charge on any atom is -0.481 e. The minimum absolute atomic E-state index is 0.0966. The molecule has 0 aliphatic carbocycles. The molecule has 7 nitrogen and oxygen atoms in total. The van der Waals surface area contributed by atoms with Crippen molar-refractivity contribution in [1.29, 1.82) is 0 Å². The Kier molecular flexibility index (Phi) is 3.16. The molecule has 1 amide bonds. The number of rotatable bonds is 4. The largest absolute Gasteiger partial charge is 0.481 e. The van der Waals surface area contributed by atoms with Crippen molar-refractivity contribution in [2.24, 2.45) is 5.11 Å². The number of fused-ring (bicyclic) bond motifs is 1. The number of aliphatic carboxylic acids is 1. The van der Waals surface area contributed by atoms with Crippen LogP contribution in [0.4, 0.5) is 5.69 Å². The molecule has 1 atom stereocenters. The van der Waals surface area contributed by atoms with Gasteiger partial charge in [-0.25, -0.2) is 0 Å². The molecule has 1 unspecified atom stereocenters. The second-order valence-electron chi connectivity index (χ2n) is 3.96. The first-order chi connectivity index (χ1) is 8.60. The van der Waals surface area contributed by atoms with Gasteiger partial charge in [-0.3, -0.25) is 9.59 Å². The number of nitrogens with zero attached hydrogens (tertiary/aromatic N) is 3. The van der Waals surface area contributed by atoms with Crippen LogP contribution < -0.4 is 5.32 Å². The van der Waals surface area contributed by atoms with Crippen LogP contribution in [0.5, 0.6) is 0 Å². The first-order valence-electron chi connectivity index (χ1n) is 5.29. The maximum Gasteiger partial charge on any atom is 0.304 e. The van der Waals surface area contributed by atoms with E-state index in [0.29, 0.717) is 5.56 Å². The molecule has 18 heavy (non-hydrogen) atoms. The molecule has 0 spiro atoms. The molecular formula is C11H10N4O3. The van der Waals surface area contributed by atoms with Crippen molar-refractivity contribution in [2.75, 3.05) is 5.32 Å². The van der Waals surface area contributed by atoms with Crippen LogP contribution in [0.25, 0.3) is 10.4 Å². The first kappa shape index (κ1) is 11.9. The van der Waals surface area contributed by atoms with E-state index in [9.17, 15) is 9.59 Å². The van der Waals surface area contributed by atoms with Gasteiger partial charge in [0.15, 0.2) is 0 Å². The zero-order chi connectivity index (χ0) is 13.1. The fourth-order valence-electron chi connectivity index (χ4n) is 1.91. The van der Waals surface area contributed by atoms with Crippen molar-refractivity contribution in [3.63, 3.8) is 0 Å². The molecule has 0 radical (unpaired) electrons. The summed E-state index contributed by atoms with van der Waals surface area (Å²) >= 11 is 0. The third kappa shape index (κ3) is 2.41. The fourth-order valence-corrected chi connectivity index (χ4v) is 1.91. The van der Waals surface area contributed by atoms with Gasteiger partial charge in [0.05, 0.1) is 18.9 Å². The Bertz CT molecular complexity index is 563. The highest BCUT2D eigenvalue weighted by molar-refractivity contribution is 5.99. The Hall–Kier alpha value is -2.53. The number of carboxylic acid groups (broad SMARTS) is 1. The number of hydrogen-bond acceptors (Lipinski definition) is 3. The number of amides is 1. The lowest BCUT2D eigenvalue weighted by molar-refractivity contribution is -0.137. The molecule has 7 heteroatoms. The van der Waals surface area contributed by atoms with Crippen molar-refractivity contribution in [2.45, 2.75) is 18.9 Å². The first-order valence-corrected chi connectivity index (χ1v) is 5.29. The van der Waals surface area contributed by atoms with Crippen LogP contribution in [0.3, 0.4) is 0 Å². The number of carbonyl (C=O) groups is 2. The van der Waals surface area contributed by atoms with E-state index in [1.54, 1.807) is 18.2 Å². The van der Waals surface area contributed by atoms with Crippen LogP contribution in [0.2, 0.25) is 0 Å². The van der Waals surface area contributed by atoms with E-state index in [-0.39, 0.29) is 18.7 Å². The van der Waals surface area contributed by atoms with Crippen molar-refractivity contribution < 1.29 is 14.7 Å². The molecule has 0 aromatic heterocycles. The predicted molar refractivity (Wildman–Crippen MR) is 62.9 cm³/mol. The predicted octanol–water partition coefficient (Wildman–Crippen LogP) is 2.01. The maximum absolute atomic E-state index is 11.2. The van der Waals surface area contributed by atoms with E-state index >= 15 is 0 Å². The normalized spacial score (nSPS) is 14.3. The van der Waals surface area contributed by atoms with Gasteiger partial charge in [-0.15, -0.1) is 0 Å². The summed E-state index contributed by atoms with van der Waals surface area (Å²) in [4.78, 5) is 24.5. The van der Waals surface area contributed by atoms with E-state index < -0.39 is 12.0 Å². The number of hydrogen-bond donors (Lipinski definition) is 2. The summed E-state index contributed by atoms with van der Waals surface area (Å²) in [6, 6.07) is 4.30. The SMILES string of the molecule is [N-]=[N+]=NC(CC(=O)O)c1ccc2c(c1)CC(=O)N2. The molecule has 0 fully saturated rings. The number of anilines is 1. The van der Waals surface area contributed by atoms with Gasteiger partial charge >= 0.3 is 5.97 Å². The molecule has 2 N–H and O–H groups in total. The van der Waals surface area contributed by atoms with Gasteiger partial charge in [-0.2, -0.15) is 0 Å². The smallest absolute Gasteiger partial charge is 0.304 e. The average molecular weight is 246 g/mol. The van der Waals surface area contributed by atoms with Crippen LogP contribution in [0, 0.1) is 0 Å². The summed E-state index contributed by atoms with van der Waals surface area (Å²) < 4.78 is 0. The van der Waals surface area contributed by atoms with Crippen LogP contribution in [0.15, 0.2) is 23.3 Å². The third-order valence-electron chi connectivity index (χ3n) is 2.70. The molecule has 0 saturated heterocycles. The number of azide groups is 1. The zero-order valence-corrected chi connectivity index (χ0v) is 9.33. The summed E-state index contributed by atoms with van der Waals surface area (Å²) in [7, 11) is 0. The Morgan fingerprint density at radius 2 is 2.39 bits per heavy atom. The minimum atomic E-state index is -1.04. The standard InChI is InChI=1S/C11H10N4O3/c12-15-14-9(5-11(17)18)6-1-2-8-7(3-6)4-10(16)13-8/h1-3,9H,4-5H2,(H,13,16)(H,17,18). The van der Waals surface area contributed by atoms with Crippen molar-refractivity contribution in [3.05, 3.63) is 39.8 Å². The van der Waals surface area contributed by atoms with Crippen LogP contribution >= 0.6 is 0 Å². The van der Waals surface area contributed by atoms with Gasteiger partial charge in [0.1, 0.15) is 0 Å². The number of benzene rings is 1. The highest BCUT2D eigenvalue weighted by atomic mass is 16.4. The lowest BCUT2D eigenvalue weighted by atomic mass is 10.0. The van der Waals surface area contributed by atoms with Crippen molar-refractivity contribution >= 4 is 17.6 Å². The summed E-state index contributed by atoms with van der Waals surface area (Å²) in [6.07, 6.45) is -0.0105. The van der Waals surface area contributed by atoms with Gasteiger partial charge in [0.25, 0.3) is 0 Å². The zero-order valence-electron chi connectivity index (χ0n) is 9.33. The quantitative estimate of drug-likeness (QED) is 0.480. The Balaban J connectivity index is 2.32. The maximum atomic E-state index is 11.2. The molecule has 1 aromatic rings. The molecule has 1 aromatic carbocycles. The molecular weight excluding hydrogens is 236 g/mol. The van der Waals surface area contributed by atoms with Gasteiger partial charge in [-0.05, 0) is 22.7 Å². The Labute approximate surface area is 102 Å². The Morgan fingerprint density at radius 3 is 3.06 bits per heavy atom. The average Bonchev–Trinajstić information content (AvgIpc) is 2.66. The van der Waals surface area contributed by atoms with Crippen molar-refractivity contribution in [1.82, 2.24) is 0 Å². The lowest BCUT2D eigenvalue weighted by Crippen LogP contribution is -2.04. The third-order valence-corrected chi connectivity index (χ3v) is 2.70. The van der Waals surface area contributed by atoms with E-state index in [1.165, 1.54) is 0 Å². The topological polar surface area (TPSA) is 115 Å². The van der Waals surface area contributed by atoms with Gasteiger partial charge in [0, 0.05) is 10.6 Å². The van der Waals surface area contributed by atoms with Gasteiger partial charge < -0.3 is 10.4 Å². The second kappa shape index (κ2) is 4.77. The highest BCUT2D eigenvalue weighted by Crippen LogP contribution is 2.29. The number of carboxylic acids is 1. The lowest BCUT2D eigenvalue weighted by Gasteiger charge is -2.10. The Morgan fingerprint density at radius 1 is 1.61 bits per heavy atom. The van der Waals surface area contributed by atoms with Crippen LogP contribution in [-0.4, -0.2) is 17.0 Å². The highest BCUT2D eigenvalue weighted by Gasteiger charge is 2.20. The van der Waals surface area contributed by atoms with Gasteiger partial charge in [0.2, 0.25) is 5.91 Å². The molecule has 2 rings (SSSR count). The summed E-state index contributed by atoms with van der Waals surface area (Å²) in [5.41, 5.74) is 10.6. The molecule has 1 aliphatic heterocycles. The molecule has 92 valence electrons. The summed E-state index contributed by atoms with van der Waals surface area (Å²) in [5, 5.41) is 14.9. The molecule has 0 saturated carbocycles. The monoisotopic (exact) mass is 246 g/mol. The molecule has 1 aliphatic rings. The number of carbonyl (C=O) groups excluding carboxylic acids is 1. The fraction of sp³-hybridized carbons (Fsp3) is 0.273. The molecule has 1 heterocycles. The summed E-state index contributed by atoms with van der Waals surface area (Å²) in [6.45, 7) is 0. The van der Waals surface area contributed by atoms with Crippen molar-refractivity contribution in [3.8, 4) is 0 Å². The molecule has 0 bridgehead atoms.